The predicted molar refractivity (Wildman–Crippen MR) is 91.0 cm³/mol. The molecule has 1 aromatic rings. The van der Waals surface area contributed by atoms with E-state index in [0.717, 1.165) is 43.4 Å². The maximum atomic E-state index is 9.87. The van der Waals surface area contributed by atoms with Gasteiger partial charge in [-0.05, 0) is 43.4 Å². The summed E-state index contributed by atoms with van der Waals surface area (Å²) in [5.41, 5.74) is 0.764. The van der Waals surface area contributed by atoms with Gasteiger partial charge in [0.25, 0.3) is 0 Å². The highest BCUT2D eigenvalue weighted by Crippen LogP contribution is 2.28. The van der Waals surface area contributed by atoms with Crippen LogP contribution in [0, 0.1) is 5.92 Å². The molecule has 1 fully saturated rings. The van der Waals surface area contributed by atoms with Gasteiger partial charge in [-0.2, -0.15) is 0 Å². The zero-order valence-corrected chi connectivity index (χ0v) is 14.0. The Kier molecular flexibility index (Phi) is 7.00. The molecule has 1 aliphatic rings. The molecule has 0 amide bonds. The minimum absolute atomic E-state index is 0.238. The molecule has 3 N–H and O–H groups in total. The van der Waals surface area contributed by atoms with Crippen LogP contribution in [0.5, 0.6) is 11.5 Å². The van der Waals surface area contributed by atoms with E-state index < -0.39 is 0 Å². The van der Waals surface area contributed by atoms with Crippen molar-refractivity contribution in [2.24, 2.45) is 10.9 Å². The van der Waals surface area contributed by atoms with E-state index in [1.165, 1.54) is 12.8 Å². The molecule has 0 radical (unpaired) electrons. The average Bonchev–Trinajstić information content (AvgIpc) is 3.39. The van der Waals surface area contributed by atoms with Crippen molar-refractivity contribution in [3.8, 4) is 11.5 Å². The van der Waals surface area contributed by atoms with E-state index in [9.17, 15) is 5.11 Å². The van der Waals surface area contributed by atoms with Gasteiger partial charge >= 0.3 is 0 Å². The van der Waals surface area contributed by atoms with Gasteiger partial charge in [0.2, 0.25) is 0 Å². The van der Waals surface area contributed by atoms with Crippen LogP contribution in [0.1, 0.15) is 24.8 Å². The zero-order chi connectivity index (χ0) is 16.5. The molecule has 0 unspecified atom stereocenters. The van der Waals surface area contributed by atoms with Crippen LogP contribution in [0.2, 0.25) is 0 Å². The summed E-state index contributed by atoms with van der Waals surface area (Å²) in [5, 5.41) is 16.3. The van der Waals surface area contributed by atoms with Gasteiger partial charge in [0, 0.05) is 38.9 Å². The molecule has 128 valence electrons. The van der Waals surface area contributed by atoms with Crippen molar-refractivity contribution in [2.75, 3.05) is 33.9 Å². The first-order valence-electron chi connectivity index (χ1n) is 8.11. The number of hydrogen-bond donors (Lipinski definition) is 3. The highest BCUT2D eigenvalue weighted by Gasteiger charge is 2.20. The highest BCUT2D eigenvalue weighted by atomic mass is 16.5. The minimum atomic E-state index is 0.238. The standard InChI is InChI=1S/C17H27N3O3/c1-18-17(19-8-3-9-23-12-13-4-5-13)20-11-14-10-15(22-2)6-7-16(14)21/h6-7,10,13,21H,3-5,8-9,11-12H2,1-2H3,(H2,18,19,20). The molecule has 1 aliphatic carbocycles. The molecule has 2 rings (SSSR count). The Labute approximate surface area is 137 Å². The molecule has 0 atom stereocenters. The molecule has 1 saturated carbocycles. The molecule has 6 heteroatoms. The number of phenolic OH excluding ortho intramolecular Hbond substituents is 1. The van der Waals surface area contributed by atoms with Gasteiger partial charge in [-0.1, -0.05) is 0 Å². The molecule has 0 aliphatic heterocycles. The summed E-state index contributed by atoms with van der Waals surface area (Å²) in [5.74, 6) is 2.47. The first-order chi connectivity index (χ1) is 11.2. The van der Waals surface area contributed by atoms with E-state index >= 15 is 0 Å². The van der Waals surface area contributed by atoms with Crippen LogP contribution in [0.15, 0.2) is 23.2 Å². The molecular weight excluding hydrogens is 294 g/mol. The van der Waals surface area contributed by atoms with E-state index in [-0.39, 0.29) is 5.75 Å². The van der Waals surface area contributed by atoms with E-state index in [1.807, 2.05) is 0 Å². The largest absolute Gasteiger partial charge is 0.508 e. The van der Waals surface area contributed by atoms with Crippen LogP contribution in [-0.2, 0) is 11.3 Å². The van der Waals surface area contributed by atoms with Gasteiger partial charge in [0.15, 0.2) is 5.96 Å². The Morgan fingerprint density at radius 1 is 1.35 bits per heavy atom. The van der Waals surface area contributed by atoms with Crippen molar-refractivity contribution in [1.82, 2.24) is 10.6 Å². The van der Waals surface area contributed by atoms with Crippen LogP contribution < -0.4 is 15.4 Å². The second-order valence-corrected chi connectivity index (χ2v) is 5.72. The third-order valence-electron chi connectivity index (χ3n) is 3.76. The second kappa shape index (κ2) is 9.25. The Morgan fingerprint density at radius 3 is 2.87 bits per heavy atom. The fourth-order valence-electron chi connectivity index (χ4n) is 2.15. The smallest absolute Gasteiger partial charge is 0.191 e. The van der Waals surface area contributed by atoms with E-state index in [0.29, 0.717) is 12.5 Å². The Bertz CT molecular complexity index is 516. The molecular formula is C17H27N3O3. The summed E-state index contributed by atoms with van der Waals surface area (Å²) < 4.78 is 10.8. The molecule has 0 bridgehead atoms. The molecule has 1 aromatic carbocycles. The van der Waals surface area contributed by atoms with Crippen LogP contribution in [0.4, 0.5) is 0 Å². The van der Waals surface area contributed by atoms with Gasteiger partial charge < -0.3 is 25.2 Å². The number of benzene rings is 1. The number of ether oxygens (including phenoxy) is 2. The maximum absolute atomic E-state index is 9.87. The van der Waals surface area contributed by atoms with E-state index in [1.54, 1.807) is 32.4 Å². The van der Waals surface area contributed by atoms with Crippen molar-refractivity contribution in [3.05, 3.63) is 23.8 Å². The fourth-order valence-corrected chi connectivity index (χ4v) is 2.15. The van der Waals surface area contributed by atoms with Crippen molar-refractivity contribution in [1.29, 1.82) is 0 Å². The van der Waals surface area contributed by atoms with E-state index in [2.05, 4.69) is 15.6 Å². The number of nitrogens with zero attached hydrogens (tertiary/aromatic N) is 1. The van der Waals surface area contributed by atoms with Crippen molar-refractivity contribution >= 4 is 5.96 Å². The minimum Gasteiger partial charge on any atom is -0.508 e. The van der Waals surface area contributed by atoms with Gasteiger partial charge in [-0.15, -0.1) is 0 Å². The highest BCUT2D eigenvalue weighted by molar-refractivity contribution is 5.79. The summed E-state index contributed by atoms with van der Waals surface area (Å²) in [6.45, 7) is 2.95. The Hall–Kier alpha value is -1.95. The molecule has 23 heavy (non-hydrogen) atoms. The van der Waals surface area contributed by atoms with Gasteiger partial charge in [0.05, 0.1) is 7.11 Å². The number of aliphatic imine (C=N–C) groups is 1. The first kappa shape index (κ1) is 17.4. The number of aromatic hydroxyl groups is 1. The van der Waals surface area contributed by atoms with Crippen molar-refractivity contribution in [2.45, 2.75) is 25.8 Å². The van der Waals surface area contributed by atoms with Gasteiger partial charge in [-0.25, -0.2) is 0 Å². The summed E-state index contributed by atoms with van der Waals surface area (Å²) in [7, 11) is 3.33. The lowest BCUT2D eigenvalue weighted by Crippen LogP contribution is -2.37. The quantitative estimate of drug-likeness (QED) is 0.368. The number of nitrogens with one attached hydrogen (secondary N) is 2. The lowest BCUT2D eigenvalue weighted by molar-refractivity contribution is 0.123. The zero-order valence-electron chi connectivity index (χ0n) is 14.0. The number of methoxy groups -OCH3 is 1. The van der Waals surface area contributed by atoms with Crippen LogP contribution in [0.25, 0.3) is 0 Å². The van der Waals surface area contributed by atoms with Crippen LogP contribution >= 0.6 is 0 Å². The Morgan fingerprint density at radius 2 is 2.17 bits per heavy atom. The molecule has 0 heterocycles. The number of guanidine groups is 1. The van der Waals surface area contributed by atoms with E-state index in [4.69, 9.17) is 9.47 Å². The summed E-state index contributed by atoms with van der Waals surface area (Å²) in [4.78, 5) is 4.17. The van der Waals surface area contributed by atoms with Gasteiger partial charge in [-0.3, -0.25) is 4.99 Å². The summed E-state index contributed by atoms with van der Waals surface area (Å²) in [6, 6.07) is 5.16. The predicted octanol–water partition coefficient (Wildman–Crippen LogP) is 1.88. The summed E-state index contributed by atoms with van der Waals surface area (Å²) in [6.07, 6.45) is 3.59. The molecule has 0 saturated heterocycles. The SMILES string of the molecule is CN=C(NCCCOCC1CC1)NCc1cc(OC)ccc1O. The third-order valence-corrected chi connectivity index (χ3v) is 3.76. The van der Waals surface area contributed by atoms with Crippen LogP contribution in [-0.4, -0.2) is 45.0 Å². The van der Waals surface area contributed by atoms with Gasteiger partial charge in [0.1, 0.15) is 11.5 Å². The van der Waals surface area contributed by atoms with Crippen molar-refractivity contribution in [3.63, 3.8) is 0 Å². The average molecular weight is 321 g/mol. The second-order valence-electron chi connectivity index (χ2n) is 5.72. The molecule has 0 aromatic heterocycles. The topological polar surface area (TPSA) is 75.1 Å². The number of rotatable bonds is 9. The number of hydrogen-bond acceptors (Lipinski definition) is 4. The summed E-state index contributed by atoms with van der Waals surface area (Å²) >= 11 is 0. The first-order valence-corrected chi connectivity index (χ1v) is 8.11. The maximum Gasteiger partial charge on any atom is 0.191 e. The molecule has 0 spiro atoms. The lowest BCUT2D eigenvalue weighted by atomic mass is 10.2. The Balaban J connectivity index is 1.65. The third kappa shape index (κ3) is 6.36. The fraction of sp³-hybridized carbons (Fsp3) is 0.588. The van der Waals surface area contributed by atoms with Crippen LogP contribution in [0.3, 0.4) is 0 Å². The normalized spacial score (nSPS) is 14.6. The monoisotopic (exact) mass is 321 g/mol. The number of phenols is 1. The molecule has 6 nitrogen and oxygen atoms in total. The van der Waals surface area contributed by atoms with Crippen molar-refractivity contribution < 1.29 is 14.6 Å². The lowest BCUT2D eigenvalue weighted by Gasteiger charge is -2.13.